The lowest BCUT2D eigenvalue weighted by Gasteiger charge is -2.09. The standard InChI is InChI=1S/C12H13NOS/c14-8-11-3-1-2-4-12(11)13-7-10-5-6-15-9-10/h1-6,9,13-14H,7-8H2. The fourth-order valence-electron chi connectivity index (χ4n) is 1.42. The van der Waals surface area contributed by atoms with Gasteiger partial charge in [-0.1, -0.05) is 18.2 Å². The molecular formula is C12H13NOS. The molecule has 0 amide bonds. The van der Waals surface area contributed by atoms with Crippen molar-refractivity contribution in [2.24, 2.45) is 0 Å². The number of hydrogen-bond donors (Lipinski definition) is 2. The lowest BCUT2D eigenvalue weighted by molar-refractivity contribution is 0.282. The van der Waals surface area contributed by atoms with Gasteiger partial charge in [-0.05, 0) is 28.5 Å². The Kier molecular flexibility index (Phi) is 3.37. The first kappa shape index (κ1) is 10.2. The fraction of sp³-hybridized carbons (Fsp3) is 0.167. The lowest BCUT2D eigenvalue weighted by Crippen LogP contribution is -2.01. The van der Waals surface area contributed by atoms with Gasteiger partial charge in [-0.15, -0.1) is 0 Å². The summed E-state index contributed by atoms with van der Waals surface area (Å²) in [6.45, 7) is 0.882. The minimum atomic E-state index is 0.0762. The van der Waals surface area contributed by atoms with E-state index in [0.717, 1.165) is 17.8 Å². The smallest absolute Gasteiger partial charge is 0.0701 e. The molecule has 0 aliphatic carbocycles. The number of hydrogen-bond acceptors (Lipinski definition) is 3. The Bertz CT molecular complexity index is 411. The van der Waals surface area contributed by atoms with E-state index in [1.165, 1.54) is 5.56 Å². The van der Waals surface area contributed by atoms with Crippen molar-refractivity contribution in [1.82, 2.24) is 0 Å². The maximum atomic E-state index is 9.14. The van der Waals surface area contributed by atoms with Crippen molar-refractivity contribution >= 4 is 17.0 Å². The molecule has 0 atom stereocenters. The van der Waals surface area contributed by atoms with Crippen LogP contribution >= 0.6 is 11.3 Å². The van der Waals surface area contributed by atoms with Crippen molar-refractivity contribution < 1.29 is 5.11 Å². The van der Waals surface area contributed by atoms with Crippen LogP contribution in [0.5, 0.6) is 0 Å². The topological polar surface area (TPSA) is 32.3 Å². The van der Waals surface area contributed by atoms with E-state index in [9.17, 15) is 0 Å². The van der Waals surface area contributed by atoms with E-state index >= 15 is 0 Å². The molecule has 1 heterocycles. The van der Waals surface area contributed by atoms with Crippen LogP contribution in [-0.4, -0.2) is 5.11 Å². The predicted molar refractivity (Wildman–Crippen MR) is 64.0 cm³/mol. The van der Waals surface area contributed by atoms with E-state index in [4.69, 9.17) is 5.11 Å². The van der Waals surface area contributed by atoms with E-state index in [1.807, 2.05) is 24.3 Å². The van der Waals surface area contributed by atoms with E-state index in [0.29, 0.717) is 0 Å². The molecule has 0 spiro atoms. The van der Waals surface area contributed by atoms with Gasteiger partial charge in [-0.2, -0.15) is 11.3 Å². The Hall–Kier alpha value is -1.32. The third-order valence-electron chi connectivity index (χ3n) is 2.25. The van der Waals surface area contributed by atoms with Gasteiger partial charge in [0.25, 0.3) is 0 Å². The van der Waals surface area contributed by atoms with Crippen molar-refractivity contribution in [3.8, 4) is 0 Å². The summed E-state index contributed by atoms with van der Waals surface area (Å²) < 4.78 is 0. The number of nitrogens with one attached hydrogen (secondary N) is 1. The van der Waals surface area contributed by atoms with E-state index in [-0.39, 0.29) is 6.61 Å². The van der Waals surface area contributed by atoms with Gasteiger partial charge in [0.1, 0.15) is 0 Å². The quantitative estimate of drug-likeness (QED) is 0.828. The number of aliphatic hydroxyl groups is 1. The monoisotopic (exact) mass is 219 g/mol. The molecule has 0 aliphatic heterocycles. The molecule has 0 radical (unpaired) electrons. The van der Waals surface area contributed by atoms with Crippen LogP contribution in [0.15, 0.2) is 41.1 Å². The molecule has 3 heteroatoms. The number of anilines is 1. The predicted octanol–water partition coefficient (Wildman–Crippen LogP) is 2.85. The zero-order valence-corrected chi connectivity index (χ0v) is 9.13. The van der Waals surface area contributed by atoms with Gasteiger partial charge >= 0.3 is 0 Å². The first-order chi connectivity index (χ1) is 7.40. The Labute approximate surface area is 93.2 Å². The fourth-order valence-corrected chi connectivity index (χ4v) is 2.09. The molecule has 2 aromatic rings. The Balaban J connectivity index is 2.04. The summed E-state index contributed by atoms with van der Waals surface area (Å²) in [6, 6.07) is 9.91. The number of para-hydroxylation sites is 1. The van der Waals surface area contributed by atoms with Crippen LogP contribution in [0.25, 0.3) is 0 Å². The average Bonchev–Trinajstić information content (AvgIpc) is 2.79. The first-order valence-electron chi connectivity index (χ1n) is 4.84. The second kappa shape index (κ2) is 4.96. The Morgan fingerprint density at radius 1 is 1.20 bits per heavy atom. The zero-order chi connectivity index (χ0) is 10.5. The number of thiophene rings is 1. The largest absolute Gasteiger partial charge is 0.392 e. The zero-order valence-electron chi connectivity index (χ0n) is 8.31. The molecular weight excluding hydrogens is 206 g/mol. The minimum Gasteiger partial charge on any atom is -0.392 e. The van der Waals surface area contributed by atoms with Gasteiger partial charge < -0.3 is 10.4 Å². The molecule has 2 N–H and O–H groups in total. The Morgan fingerprint density at radius 2 is 2.07 bits per heavy atom. The SMILES string of the molecule is OCc1ccccc1NCc1ccsc1. The van der Waals surface area contributed by atoms with Gasteiger partial charge in [0, 0.05) is 17.8 Å². The van der Waals surface area contributed by atoms with Crippen LogP contribution in [0.2, 0.25) is 0 Å². The third kappa shape index (κ3) is 2.58. The number of benzene rings is 1. The maximum Gasteiger partial charge on any atom is 0.0701 e. The lowest BCUT2D eigenvalue weighted by atomic mass is 10.2. The van der Waals surface area contributed by atoms with Crippen molar-refractivity contribution in [2.75, 3.05) is 5.32 Å². The molecule has 1 aromatic carbocycles. The number of aliphatic hydroxyl groups excluding tert-OH is 1. The third-order valence-corrected chi connectivity index (χ3v) is 2.98. The van der Waals surface area contributed by atoms with Crippen LogP contribution in [0.3, 0.4) is 0 Å². The summed E-state index contributed by atoms with van der Waals surface area (Å²) in [5.74, 6) is 0. The van der Waals surface area contributed by atoms with Gasteiger partial charge in [-0.25, -0.2) is 0 Å². The molecule has 2 nitrogen and oxygen atoms in total. The van der Waals surface area contributed by atoms with Gasteiger partial charge in [0.05, 0.1) is 6.61 Å². The summed E-state index contributed by atoms with van der Waals surface area (Å²) in [6.07, 6.45) is 0. The highest BCUT2D eigenvalue weighted by molar-refractivity contribution is 7.07. The molecule has 0 fully saturated rings. The van der Waals surface area contributed by atoms with Gasteiger partial charge in [0.2, 0.25) is 0 Å². The summed E-state index contributed by atoms with van der Waals surface area (Å²) >= 11 is 1.70. The summed E-state index contributed by atoms with van der Waals surface area (Å²) in [5, 5.41) is 16.6. The Morgan fingerprint density at radius 3 is 2.80 bits per heavy atom. The molecule has 0 aliphatic rings. The normalized spacial score (nSPS) is 10.2. The molecule has 0 saturated heterocycles. The maximum absolute atomic E-state index is 9.14. The summed E-state index contributed by atoms with van der Waals surface area (Å²) in [7, 11) is 0. The number of rotatable bonds is 4. The summed E-state index contributed by atoms with van der Waals surface area (Å²) in [4.78, 5) is 0. The highest BCUT2D eigenvalue weighted by Gasteiger charge is 1.99. The second-order valence-corrected chi connectivity index (χ2v) is 4.08. The van der Waals surface area contributed by atoms with Crippen molar-refractivity contribution in [1.29, 1.82) is 0 Å². The van der Waals surface area contributed by atoms with Crippen LogP contribution in [0.1, 0.15) is 11.1 Å². The average molecular weight is 219 g/mol. The highest BCUT2D eigenvalue weighted by atomic mass is 32.1. The second-order valence-electron chi connectivity index (χ2n) is 3.30. The minimum absolute atomic E-state index is 0.0762. The molecule has 2 rings (SSSR count). The van der Waals surface area contributed by atoms with Gasteiger partial charge in [0.15, 0.2) is 0 Å². The van der Waals surface area contributed by atoms with Crippen LogP contribution < -0.4 is 5.32 Å². The van der Waals surface area contributed by atoms with Crippen molar-refractivity contribution in [3.63, 3.8) is 0 Å². The molecule has 0 saturated carbocycles. The molecule has 1 aromatic heterocycles. The van der Waals surface area contributed by atoms with E-state index < -0.39 is 0 Å². The van der Waals surface area contributed by atoms with E-state index in [1.54, 1.807) is 11.3 Å². The van der Waals surface area contributed by atoms with Crippen molar-refractivity contribution in [2.45, 2.75) is 13.2 Å². The molecule has 15 heavy (non-hydrogen) atoms. The molecule has 0 bridgehead atoms. The van der Waals surface area contributed by atoms with Crippen molar-refractivity contribution in [3.05, 3.63) is 52.2 Å². The highest BCUT2D eigenvalue weighted by Crippen LogP contribution is 2.16. The van der Waals surface area contributed by atoms with Gasteiger partial charge in [-0.3, -0.25) is 0 Å². The first-order valence-corrected chi connectivity index (χ1v) is 5.78. The van der Waals surface area contributed by atoms with Crippen LogP contribution in [0, 0.1) is 0 Å². The van der Waals surface area contributed by atoms with Crippen LogP contribution in [-0.2, 0) is 13.2 Å². The van der Waals surface area contributed by atoms with Crippen LogP contribution in [0.4, 0.5) is 5.69 Å². The molecule has 78 valence electrons. The summed E-state index contributed by atoms with van der Waals surface area (Å²) in [5.41, 5.74) is 3.21. The molecule has 0 unspecified atom stereocenters. The van der Waals surface area contributed by atoms with E-state index in [2.05, 4.69) is 22.1 Å².